The highest BCUT2D eigenvalue weighted by atomic mass is 79.9. The number of halogens is 2. The van der Waals surface area contributed by atoms with Crippen LogP contribution in [0.4, 0.5) is 10.1 Å². The van der Waals surface area contributed by atoms with Crippen molar-refractivity contribution in [2.24, 2.45) is 11.1 Å². The van der Waals surface area contributed by atoms with Crippen molar-refractivity contribution < 1.29 is 9.18 Å². The predicted molar refractivity (Wildman–Crippen MR) is 70.2 cm³/mol. The summed E-state index contributed by atoms with van der Waals surface area (Å²) in [6, 6.07) is 3.66. The van der Waals surface area contributed by atoms with Crippen LogP contribution in [0, 0.1) is 11.2 Å². The number of amides is 1. The number of carbonyl (C=O) groups is 1. The monoisotopic (exact) mass is 302 g/mol. The van der Waals surface area contributed by atoms with Gasteiger partial charge in [-0.3, -0.25) is 4.79 Å². The fourth-order valence-electron chi connectivity index (χ4n) is 1.19. The first-order valence-corrected chi connectivity index (χ1v) is 6.02. The molecule has 0 bridgehead atoms. The van der Waals surface area contributed by atoms with E-state index in [1.165, 1.54) is 18.2 Å². The molecule has 1 aromatic carbocycles. The van der Waals surface area contributed by atoms with E-state index in [1.54, 1.807) is 0 Å². The Morgan fingerprint density at radius 2 is 2.06 bits per heavy atom. The summed E-state index contributed by atoms with van der Waals surface area (Å²) in [5, 5.41) is 2.66. The molecule has 0 fully saturated rings. The van der Waals surface area contributed by atoms with Gasteiger partial charge < -0.3 is 11.1 Å². The second-order valence-electron chi connectivity index (χ2n) is 4.96. The van der Waals surface area contributed by atoms with E-state index < -0.39 is 6.04 Å². The fourth-order valence-corrected chi connectivity index (χ4v) is 1.57. The smallest absolute Gasteiger partial charge is 0.241 e. The summed E-state index contributed by atoms with van der Waals surface area (Å²) in [4.78, 5) is 11.8. The maximum atomic E-state index is 13.0. The molecule has 0 spiro atoms. The first-order chi connectivity index (χ1) is 7.71. The summed E-state index contributed by atoms with van der Waals surface area (Å²) in [6.45, 7) is 5.66. The van der Waals surface area contributed by atoms with Gasteiger partial charge in [-0.2, -0.15) is 0 Å². The van der Waals surface area contributed by atoms with Crippen molar-refractivity contribution in [3.8, 4) is 0 Å². The maximum Gasteiger partial charge on any atom is 0.241 e. The Morgan fingerprint density at radius 1 is 1.47 bits per heavy atom. The normalized spacial score (nSPS) is 13.3. The van der Waals surface area contributed by atoms with Crippen LogP contribution in [0.1, 0.15) is 20.8 Å². The lowest BCUT2D eigenvalue weighted by molar-refractivity contribution is -0.119. The minimum absolute atomic E-state index is 0.281. The van der Waals surface area contributed by atoms with Crippen molar-refractivity contribution in [1.29, 1.82) is 0 Å². The number of hydrogen-bond donors (Lipinski definition) is 2. The zero-order valence-electron chi connectivity index (χ0n) is 10.1. The average molecular weight is 303 g/mol. The van der Waals surface area contributed by atoms with Crippen molar-refractivity contribution in [2.75, 3.05) is 5.32 Å². The van der Waals surface area contributed by atoms with E-state index in [0.717, 1.165) is 0 Å². The standard InChI is InChI=1S/C12H16BrFN2O/c1-12(2,3)10(15)11(17)16-7-4-5-9(14)8(13)6-7/h4-6,10H,15H2,1-3H3,(H,16,17)/t10-/m0/s1. The molecular formula is C12H16BrFN2O. The Labute approximate surface area is 109 Å². The number of anilines is 1. The van der Waals surface area contributed by atoms with Crippen molar-refractivity contribution >= 4 is 27.5 Å². The number of hydrogen-bond acceptors (Lipinski definition) is 2. The van der Waals surface area contributed by atoms with Crippen LogP contribution in [0.15, 0.2) is 22.7 Å². The molecule has 5 heteroatoms. The van der Waals surface area contributed by atoms with Gasteiger partial charge in [0.15, 0.2) is 0 Å². The molecule has 0 aliphatic heterocycles. The molecule has 0 unspecified atom stereocenters. The van der Waals surface area contributed by atoms with Gasteiger partial charge in [-0.15, -0.1) is 0 Å². The van der Waals surface area contributed by atoms with Gasteiger partial charge in [-0.25, -0.2) is 4.39 Å². The van der Waals surface area contributed by atoms with Gasteiger partial charge in [-0.05, 0) is 39.5 Å². The lowest BCUT2D eigenvalue weighted by Crippen LogP contribution is -2.45. The molecule has 1 atom stereocenters. The Morgan fingerprint density at radius 3 is 2.53 bits per heavy atom. The largest absolute Gasteiger partial charge is 0.325 e. The Bertz CT molecular complexity index is 429. The van der Waals surface area contributed by atoms with Gasteiger partial charge in [0, 0.05) is 5.69 Å². The number of nitrogens with two attached hydrogens (primary N) is 1. The Hall–Kier alpha value is -0.940. The van der Waals surface area contributed by atoms with Gasteiger partial charge in [0.1, 0.15) is 5.82 Å². The molecule has 0 saturated heterocycles. The van der Waals surface area contributed by atoms with E-state index in [4.69, 9.17) is 5.73 Å². The first kappa shape index (κ1) is 14.1. The first-order valence-electron chi connectivity index (χ1n) is 5.23. The van der Waals surface area contributed by atoms with Crippen LogP contribution in [0.25, 0.3) is 0 Å². The third-order valence-electron chi connectivity index (χ3n) is 2.40. The summed E-state index contributed by atoms with van der Waals surface area (Å²) in [5.41, 5.74) is 6.01. The van der Waals surface area contributed by atoms with E-state index in [2.05, 4.69) is 21.2 Å². The molecule has 0 aliphatic carbocycles. The van der Waals surface area contributed by atoms with E-state index in [-0.39, 0.29) is 17.1 Å². The van der Waals surface area contributed by atoms with Gasteiger partial charge >= 0.3 is 0 Å². The van der Waals surface area contributed by atoms with Crippen LogP contribution >= 0.6 is 15.9 Å². The molecule has 3 nitrogen and oxygen atoms in total. The summed E-state index contributed by atoms with van der Waals surface area (Å²) < 4.78 is 13.3. The second-order valence-corrected chi connectivity index (χ2v) is 5.82. The quantitative estimate of drug-likeness (QED) is 0.882. The van der Waals surface area contributed by atoms with Crippen LogP contribution in [-0.2, 0) is 4.79 Å². The SMILES string of the molecule is CC(C)(C)[C@@H](N)C(=O)Nc1ccc(F)c(Br)c1. The summed E-state index contributed by atoms with van der Waals surface area (Å²) >= 11 is 3.05. The molecule has 0 heterocycles. The third kappa shape index (κ3) is 3.78. The van der Waals surface area contributed by atoms with Crippen molar-refractivity contribution in [3.05, 3.63) is 28.5 Å². The lowest BCUT2D eigenvalue weighted by Gasteiger charge is -2.25. The number of carbonyl (C=O) groups excluding carboxylic acids is 1. The maximum absolute atomic E-state index is 13.0. The van der Waals surface area contributed by atoms with Crippen LogP contribution in [0.5, 0.6) is 0 Å². The molecule has 1 rings (SSSR count). The van der Waals surface area contributed by atoms with Crippen molar-refractivity contribution in [3.63, 3.8) is 0 Å². The van der Waals surface area contributed by atoms with E-state index >= 15 is 0 Å². The topological polar surface area (TPSA) is 55.1 Å². The molecule has 3 N–H and O–H groups in total. The molecular weight excluding hydrogens is 287 g/mol. The molecule has 0 aromatic heterocycles. The highest BCUT2D eigenvalue weighted by Gasteiger charge is 2.27. The van der Waals surface area contributed by atoms with Crippen LogP contribution in [0.2, 0.25) is 0 Å². The lowest BCUT2D eigenvalue weighted by atomic mass is 9.87. The molecule has 1 aromatic rings. The minimum atomic E-state index is -0.619. The third-order valence-corrected chi connectivity index (χ3v) is 3.01. The molecule has 0 aliphatic rings. The second kappa shape index (κ2) is 5.14. The van der Waals surface area contributed by atoms with Gasteiger partial charge in [0.05, 0.1) is 10.5 Å². The van der Waals surface area contributed by atoms with E-state index in [1.807, 2.05) is 20.8 Å². The summed E-state index contributed by atoms with van der Waals surface area (Å²) in [6.07, 6.45) is 0. The molecule has 0 saturated carbocycles. The van der Waals surface area contributed by atoms with Gasteiger partial charge in [0.2, 0.25) is 5.91 Å². The highest BCUT2D eigenvalue weighted by Crippen LogP contribution is 2.22. The molecule has 94 valence electrons. The zero-order chi connectivity index (χ0) is 13.2. The summed E-state index contributed by atoms with van der Waals surface area (Å²) in [5.74, 6) is -0.654. The van der Waals surface area contributed by atoms with E-state index in [9.17, 15) is 9.18 Å². The Kier molecular flexibility index (Phi) is 4.27. The Balaban J connectivity index is 2.78. The zero-order valence-corrected chi connectivity index (χ0v) is 11.6. The van der Waals surface area contributed by atoms with Crippen LogP contribution in [0.3, 0.4) is 0 Å². The van der Waals surface area contributed by atoms with Gasteiger partial charge in [-0.1, -0.05) is 20.8 Å². The highest BCUT2D eigenvalue weighted by molar-refractivity contribution is 9.10. The van der Waals surface area contributed by atoms with Gasteiger partial charge in [0.25, 0.3) is 0 Å². The number of benzene rings is 1. The predicted octanol–water partition coefficient (Wildman–Crippen LogP) is 2.90. The van der Waals surface area contributed by atoms with Crippen LogP contribution < -0.4 is 11.1 Å². The average Bonchev–Trinajstić information content (AvgIpc) is 2.21. The number of nitrogens with one attached hydrogen (secondary N) is 1. The summed E-state index contributed by atoms with van der Waals surface area (Å²) in [7, 11) is 0. The minimum Gasteiger partial charge on any atom is -0.325 e. The van der Waals surface area contributed by atoms with Crippen LogP contribution in [-0.4, -0.2) is 11.9 Å². The fraction of sp³-hybridized carbons (Fsp3) is 0.417. The molecule has 1 amide bonds. The van der Waals surface area contributed by atoms with E-state index in [0.29, 0.717) is 10.2 Å². The molecule has 17 heavy (non-hydrogen) atoms. The van der Waals surface area contributed by atoms with Crippen molar-refractivity contribution in [1.82, 2.24) is 0 Å². The molecule has 0 radical (unpaired) electrons. The number of rotatable bonds is 2. The van der Waals surface area contributed by atoms with Crippen molar-refractivity contribution in [2.45, 2.75) is 26.8 Å².